The van der Waals surface area contributed by atoms with Gasteiger partial charge in [0.25, 0.3) is 11.6 Å². The molecule has 0 bridgehead atoms. The molecule has 0 aromatic heterocycles. The summed E-state index contributed by atoms with van der Waals surface area (Å²) in [4.78, 5) is 22.2. The van der Waals surface area contributed by atoms with Crippen molar-refractivity contribution in [3.63, 3.8) is 0 Å². The number of non-ortho nitro benzene ring substituents is 1. The summed E-state index contributed by atoms with van der Waals surface area (Å²) < 4.78 is 10.7. The molecule has 1 N–H and O–H groups in total. The topological polar surface area (TPSA) is 90.7 Å². The van der Waals surface area contributed by atoms with Crippen LogP contribution < -0.4 is 14.8 Å². The minimum Gasteiger partial charge on any atom is -0.494 e. The standard InChI is InChI=1S/C17H18N2O5/c1-3-23-14-6-8-15(9-7-14)24-11-17(20)18-16-10-13(19(21)22)5-4-12(16)2/h4-10H,3,11H2,1-2H3,(H,18,20). The van der Waals surface area contributed by atoms with Crippen LogP contribution in [0.25, 0.3) is 0 Å². The number of carbonyl (C=O) groups is 1. The minimum atomic E-state index is -0.508. The van der Waals surface area contributed by atoms with Gasteiger partial charge in [-0.3, -0.25) is 14.9 Å². The van der Waals surface area contributed by atoms with Crippen LogP contribution in [0.3, 0.4) is 0 Å². The number of amides is 1. The molecule has 126 valence electrons. The highest BCUT2D eigenvalue weighted by Gasteiger charge is 2.11. The zero-order chi connectivity index (χ0) is 17.5. The Balaban J connectivity index is 1.93. The van der Waals surface area contributed by atoms with Crippen molar-refractivity contribution < 1.29 is 19.2 Å². The van der Waals surface area contributed by atoms with E-state index in [9.17, 15) is 14.9 Å². The van der Waals surface area contributed by atoms with Crippen LogP contribution in [0.5, 0.6) is 11.5 Å². The Hall–Kier alpha value is -3.09. The van der Waals surface area contributed by atoms with Crippen LogP contribution in [0.4, 0.5) is 11.4 Å². The van der Waals surface area contributed by atoms with E-state index in [1.54, 1.807) is 37.3 Å². The summed E-state index contributed by atoms with van der Waals surface area (Å²) in [6.45, 7) is 4.03. The number of ether oxygens (including phenoxy) is 2. The van der Waals surface area contributed by atoms with Gasteiger partial charge in [0.1, 0.15) is 11.5 Å². The zero-order valence-corrected chi connectivity index (χ0v) is 13.4. The lowest BCUT2D eigenvalue weighted by atomic mass is 10.2. The predicted molar refractivity (Wildman–Crippen MR) is 89.6 cm³/mol. The molecule has 24 heavy (non-hydrogen) atoms. The normalized spacial score (nSPS) is 10.1. The highest BCUT2D eigenvalue weighted by molar-refractivity contribution is 5.93. The smallest absolute Gasteiger partial charge is 0.271 e. The van der Waals surface area contributed by atoms with E-state index in [-0.39, 0.29) is 12.3 Å². The van der Waals surface area contributed by atoms with E-state index >= 15 is 0 Å². The third-order valence-electron chi connectivity index (χ3n) is 3.21. The Morgan fingerprint density at radius 2 is 1.75 bits per heavy atom. The summed E-state index contributed by atoms with van der Waals surface area (Å²) >= 11 is 0. The van der Waals surface area contributed by atoms with E-state index in [1.807, 2.05) is 6.92 Å². The van der Waals surface area contributed by atoms with Gasteiger partial charge < -0.3 is 14.8 Å². The maximum Gasteiger partial charge on any atom is 0.271 e. The molecule has 2 rings (SSSR count). The number of nitrogens with zero attached hydrogens (tertiary/aromatic N) is 1. The number of benzene rings is 2. The summed E-state index contributed by atoms with van der Waals surface area (Å²) in [6.07, 6.45) is 0. The van der Waals surface area contributed by atoms with Gasteiger partial charge in [0.2, 0.25) is 0 Å². The van der Waals surface area contributed by atoms with Crippen LogP contribution in [0.1, 0.15) is 12.5 Å². The first kappa shape index (κ1) is 17.3. The fourth-order valence-corrected chi connectivity index (χ4v) is 1.99. The van der Waals surface area contributed by atoms with Gasteiger partial charge in [0, 0.05) is 12.1 Å². The zero-order valence-electron chi connectivity index (χ0n) is 13.4. The van der Waals surface area contributed by atoms with Gasteiger partial charge in [-0.25, -0.2) is 0 Å². The van der Waals surface area contributed by atoms with Gasteiger partial charge in [-0.2, -0.15) is 0 Å². The molecule has 0 atom stereocenters. The van der Waals surface area contributed by atoms with Gasteiger partial charge >= 0.3 is 0 Å². The van der Waals surface area contributed by atoms with Crippen molar-refractivity contribution in [2.75, 3.05) is 18.5 Å². The SMILES string of the molecule is CCOc1ccc(OCC(=O)Nc2cc([N+](=O)[O-])ccc2C)cc1. The molecule has 0 aliphatic heterocycles. The van der Waals surface area contributed by atoms with Crippen LogP contribution in [0.2, 0.25) is 0 Å². The average Bonchev–Trinajstić information content (AvgIpc) is 2.56. The molecule has 0 fully saturated rings. The Morgan fingerprint density at radius 3 is 2.33 bits per heavy atom. The van der Waals surface area contributed by atoms with Crippen molar-refractivity contribution in [1.29, 1.82) is 0 Å². The van der Waals surface area contributed by atoms with Crippen molar-refractivity contribution in [1.82, 2.24) is 0 Å². The fourth-order valence-electron chi connectivity index (χ4n) is 1.99. The summed E-state index contributed by atoms with van der Waals surface area (Å²) in [5, 5.41) is 13.4. The molecule has 0 heterocycles. The monoisotopic (exact) mass is 330 g/mol. The second-order valence-electron chi connectivity index (χ2n) is 5.00. The van der Waals surface area contributed by atoms with Gasteiger partial charge in [0.05, 0.1) is 17.2 Å². The fraction of sp³-hybridized carbons (Fsp3) is 0.235. The van der Waals surface area contributed by atoms with E-state index in [0.29, 0.717) is 18.0 Å². The molecule has 0 saturated carbocycles. The largest absolute Gasteiger partial charge is 0.494 e. The van der Waals surface area contributed by atoms with Gasteiger partial charge in [0.15, 0.2) is 6.61 Å². The van der Waals surface area contributed by atoms with Crippen LogP contribution in [0.15, 0.2) is 42.5 Å². The Labute approximate surface area is 139 Å². The number of nitrogens with one attached hydrogen (secondary N) is 1. The van der Waals surface area contributed by atoms with E-state index in [4.69, 9.17) is 9.47 Å². The summed E-state index contributed by atoms with van der Waals surface area (Å²) in [5.74, 6) is 0.860. The number of anilines is 1. The molecule has 2 aromatic rings. The first-order chi connectivity index (χ1) is 11.5. The van der Waals surface area contributed by atoms with Crippen LogP contribution in [-0.2, 0) is 4.79 Å². The minimum absolute atomic E-state index is 0.0802. The molecule has 0 aliphatic carbocycles. The molecular formula is C17H18N2O5. The lowest BCUT2D eigenvalue weighted by Gasteiger charge is -2.10. The number of carbonyl (C=O) groups excluding carboxylic acids is 1. The number of nitro benzene ring substituents is 1. The molecular weight excluding hydrogens is 312 g/mol. The second kappa shape index (κ2) is 7.96. The maximum absolute atomic E-state index is 12.0. The molecule has 0 spiro atoms. The van der Waals surface area contributed by atoms with Crippen LogP contribution in [0, 0.1) is 17.0 Å². The number of hydrogen-bond donors (Lipinski definition) is 1. The Kier molecular flexibility index (Phi) is 5.73. The molecule has 0 unspecified atom stereocenters. The molecule has 1 amide bonds. The highest BCUT2D eigenvalue weighted by Crippen LogP contribution is 2.22. The van der Waals surface area contributed by atoms with Crippen molar-refractivity contribution in [3.8, 4) is 11.5 Å². The molecule has 2 aromatic carbocycles. The van der Waals surface area contributed by atoms with Crippen molar-refractivity contribution in [2.24, 2.45) is 0 Å². The predicted octanol–water partition coefficient (Wildman–Crippen LogP) is 3.32. The highest BCUT2D eigenvalue weighted by atomic mass is 16.6. The van der Waals surface area contributed by atoms with Gasteiger partial charge in [-0.1, -0.05) is 6.07 Å². The average molecular weight is 330 g/mol. The molecule has 0 saturated heterocycles. The Bertz CT molecular complexity index is 728. The number of rotatable bonds is 7. The first-order valence-corrected chi connectivity index (χ1v) is 7.40. The van der Waals surface area contributed by atoms with E-state index in [1.165, 1.54) is 12.1 Å². The number of hydrogen-bond acceptors (Lipinski definition) is 5. The third-order valence-corrected chi connectivity index (χ3v) is 3.21. The quantitative estimate of drug-likeness (QED) is 0.621. The molecule has 7 heteroatoms. The molecule has 0 aliphatic rings. The first-order valence-electron chi connectivity index (χ1n) is 7.40. The van der Waals surface area contributed by atoms with E-state index in [0.717, 1.165) is 11.3 Å². The van der Waals surface area contributed by atoms with E-state index < -0.39 is 10.8 Å². The van der Waals surface area contributed by atoms with Crippen molar-refractivity contribution >= 4 is 17.3 Å². The lowest BCUT2D eigenvalue weighted by Crippen LogP contribution is -2.20. The molecule has 7 nitrogen and oxygen atoms in total. The van der Waals surface area contributed by atoms with Gasteiger partial charge in [-0.05, 0) is 43.7 Å². The van der Waals surface area contributed by atoms with Crippen molar-refractivity contribution in [3.05, 3.63) is 58.1 Å². The second-order valence-corrected chi connectivity index (χ2v) is 5.00. The summed E-state index contributed by atoms with van der Waals surface area (Å²) in [7, 11) is 0. The molecule has 0 radical (unpaired) electrons. The third kappa shape index (κ3) is 4.70. The van der Waals surface area contributed by atoms with Crippen LogP contribution in [-0.4, -0.2) is 24.0 Å². The van der Waals surface area contributed by atoms with Crippen LogP contribution >= 0.6 is 0 Å². The number of aryl methyl sites for hydroxylation is 1. The lowest BCUT2D eigenvalue weighted by molar-refractivity contribution is -0.384. The summed E-state index contributed by atoms with van der Waals surface area (Å²) in [6, 6.07) is 11.2. The van der Waals surface area contributed by atoms with Crippen molar-refractivity contribution in [2.45, 2.75) is 13.8 Å². The van der Waals surface area contributed by atoms with E-state index in [2.05, 4.69) is 5.32 Å². The van der Waals surface area contributed by atoms with Gasteiger partial charge in [-0.15, -0.1) is 0 Å². The number of nitro groups is 1. The summed E-state index contributed by atoms with van der Waals surface area (Å²) in [5.41, 5.74) is 1.04. The Morgan fingerprint density at radius 1 is 1.12 bits per heavy atom. The maximum atomic E-state index is 12.0.